The summed E-state index contributed by atoms with van der Waals surface area (Å²) in [5.74, 6) is 1.49. The summed E-state index contributed by atoms with van der Waals surface area (Å²) in [6.07, 6.45) is 16.7. The molecule has 3 saturated carbocycles. The average Bonchev–Trinajstić information content (AvgIpc) is 3.57. The summed E-state index contributed by atoms with van der Waals surface area (Å²) in [5.41, 5.74) is 1.74. The standard InChI is InChI=1S/C33H51NO4/c1-4-6-7-8-9-10-11-12-13-14-18-21-29(35)37-25(3)38-32(36)34(5-2)31-28-23-22-27-24-33(27,28)30(31)26-19-16-15-17-20-26/h15-17,19-20,25,27-28,30-31H,4-14,18,21-24H2,1-3H3. The van der Waals surface area contributed by atoms with Crippen molar-refractivity contribution in [3.8, 4) is 0 Å². The minimum absolute atomic E-state index is 0.168. The van der Waals surface area contributed by atoms with E-state index in [2.05, 4.69) is 37.3 Å². The van der Waals surface area contributed by atoms with Crippen LogP contribution in [0.3, 0.4) is 0 Å². The molecule has 38 heavy (non-hydrogen) atoms. The Hall–Kier alpha value is -2.04. The van der Waals surface area contributed by atoms with E-state index in [0.717, 1.165) is 18.8 Å². The highest BCUT2D eigenvalue weighted by molar-refractivity contribution is 5.71. The number of likely N-dealkylation sites (N-methyl/N-ethyl adjacent to an activating group) is 1. The smallest absolute Gasteiger partial charge is 0.413 e. The van der Waals surface area contributed by atoms with Crippen LogP contribution in [-0.2, 0) is 14.3 Å². The summed E-state index contributed by atoms with van der Waals surface area (Å²) in [6.45, 7) is 6.54. The maximum Gasteiger partial charge on any atom is 0.413 e. The molecule has 0 aromatic heterocycles. The zero-order valence-corrected chi connectivity index (χ0v) is 24.2. The van der Waals surface area contributed by atoms with Crippen LogP contribution in [0.5, 0.6) is 0 Å². The van der Waals surface area contributed by atoms with Crippen LogP contribution in [0.4, 0.5) is 4.79 Å². The van der Waals surface area contributed by atoms with Crippen LogP contribution in [0.1, 0.15) is 129 Å². The zero-order chi connectivity index (χ0) is 27.0. The number of benzene rings is 1. The number of unbranched alkanes of at least 4 members (excludes halogenated alkanes) is 10. The SMILES string of the molecule is CCCCCCCCCCCCCC(=O)OC(C)OC(=O)N(CC)C1C2CCC3CC32C1c1ccccc1. The number of hydrogen-bond acceptors (Lipinski definition) is 4. The molecule has 1 spiro atoms. The van der Waals surface area contributed by atoms with Gasteiger partial charge in [0.05, 0.1) is 0 Å². The highest BCUT2D eigenvalue weighted by atomic mass is 16.7. The Morgan fingerprint density at radius 2 is 1.53 bits per heavy atom. The number of amides is 1. The predicted octanol–water partition coefficient (Wildman–Crippen LogP) is 8.62. The molecule has 3 fully saturated rings. The average molecular weight is 526 g/mol. The fourth-order valence-electron chi connectivity index (χ4n) is 7.81. The van der Waals surface area contributed by atoms with E-state index >= 15 is 0 Å². The molecular weight excluding hydrogens is 474 g/mol. The van der Waals surface area contributed by atoms with Crippen LogP contribution in [0.25, 0.3) is 0 Å². The Kier molecular flexibility index (Phi) is 10.6. The molecule has 6 unspecified atom stereocenters. The summed E-state index contributed by atoms with van der Waals surface area (Å²) in [6, 6.07) is 10.9. The molecule has 1 aromatic rings. The lowest BCUT2D eigenvalue weighted by atomic mass is 9.55. The third kappa shape index (κ3) is 6.57. The molecule has 0 heterocycles. The van der Waals surface area contributed by atoms with Crippen molar-refractivity contribution in [1.82, 2.24) is 4.90 Å². The molecule has 3 aliphatic rings. The van der Waals surface area contributed by atoms with Crippen LogP contribution in [0, 0.1) is 17.3 Å². The molecular formula is C33H51NO4. The largest absolute Gasteiger partial charge is 0.425 e. The van der Waals surface area contributed by atoms with Gasteiger partial charge in [0.2, 0.25) is 6.29 Å². The monoisotopic (exact) mass is 525 g/mol. The van der Waals surface area contributed by atoms with Crippen LogP contribution in [0.15, 0.2) is 30.3 Å². The number of rotatable bonds is 17. The zero-order valence-electron chi connectivity index (χ0n) is 24.2. The van der Waals surface area contributed by atoms with Gasteiger partial charge in [0, 0.05) is 31.8 Å². The Bertz CT molecular complexity index is 888. The number of ether oxygens (including phenoxy) is 2. The molecule has 3 aliphatic carbocycles. The number of hydrogen-bond donors (Lipinski definition) is 0. The van der Waals surface area contributed by atoms with Crippen molar-refractivity contribution in [3.63, 3.8) is 0 Å². The quantitative estimate of drug-likeness (QED) is 0.116. The fraction of sp³-hybridized carbons (Fsp3) is 0.758. The molecule has 1 amide bonds. The maximum atomic E-state index is 13.3. The number of carbonyl (C=O) groups is 2. The lowest BCUT2D eigenvalue weighted by molar-refractivity contribution is -0.167. The Labute approximate surface area is 231 Å². The van der Waals surface area contributed by atoms with E-state index in [-0.39, 0.29) is 18.1 Å². The predicted molar refractivity (Wildman–Crippen MR) is 152 cm³/mol. The molecule has 0 radical (unpaired) electrons. The molecule has 4 rings (SSSR count). The van der Waals surface area contributed by atoms with Gasteiger partial charge in [0.15, 0.2) is 0 Å². The second-order valence-corrected chi connectivity index (χ2v) is 12.1. The van der Waals surface area contributed by atoms with E-state index in [9.17, 15) is 9.59 Å². The normalized spacial score (nSPS) is 27.6. The minimum atomic E-state index is -0.863. The number of nitrogens with zero attached hydrogens (tertiary/aromatic N) is 1. The van der Waals surface area contributed by atoms with Gasteiger partial charge in [0.25, 0.3) is 0 Å². The van der Waals surface area contributed by atoms with E-state index in [1.807, 2.05) is 11.8 Å². The fourth-order valence-corrected chi connectivity index (χ4v) is 7.81. The summed E-state index contributed by atoms with van der Waals surface area (Å²) >= 11 is 0. The molecule has 1 aromatic carbocycles. The van der Waals surface area contributed by atoms with E-state index in [0.29, 0.717) is 30.2 Å². The van der Waals surface area contributed by atoms with Crippen molar-refractivity contribution >= 4 is 12.1 Å². The van der Waals surface area contributed by atoms with E-state index in [4.69, 9.17) is 9.47 Å². The first kappa shape index (κ1) is 29.0. The van der Waals surface area contributed by atoms with Gasteiger partial charge in [-0.05, 0) is 55.4 Å². The van der Waals surface area contributed by atoms with Gasteiger partial charge in [-0.3, -0.25) is 4.79 Å². The minimum Gasteiger partial charge on any atom is -0.425 e. The Balaban J connectivity index is 1.15. The third-order valence-electron chi connectivity index (χ3n) is 9.69. The van der Waals surface area contributed by atoms with Crippen molar-refractivity contribution in [2.75, 3.05) is 6.54 Å². The second-order valence-electron chi connectivity index (χ2n) is 12.1. The highest BCUT2D eigenvalue weighted by Crippen LogP contribution is 2.81. The molecule has 0 aliphatic heterocycles. The molecule has 0 N–H and O–H groups in total. The first-order valence-corrected chi connectivity index (χ1v) is 15.7. The number of carbonyl (C=O) groups excluding carboxylic acids is 2. The van der Waals surface area contributed by atoms with Gasteiger partial charge >= 0.3 is 12.1 Å². The Morgan fingerprint density at radius 3 is 2.13 bits per heavy atom. The molecule has 212 valence electrons. The van der Waals surface area contributed by atoms with Gasteiger partial charge in [0.1, 0.15) is 0 Å². The van der Waals surface area contributed by atoms with Gasteiger partial charge < -0.3 is 14.4 Å². The molecule has 5 nitrogen and oxygen atoms in total. The molecule has 6 atom stereocenters. The summed E-state index contributed by atoms with van der Waals surface area (Å²) in [7, 11) is 0. The van der Waals surface area contributed by atoms with Crippen molar-refractivity contribution in [1.29, 1.82) is 0 Å². The van der Waals surface area contributed by atoms with E-state index < -0.39 is 6.29 Å². The van der Waals surface area contributed by atoms with Crippen molar-refractivity contribution in [2.45, 2.75) is 135 Å². The first-order chi connectivity index (χ1) is 18.5. The number of esters is 1. The highest BCUT2D eigenvalue weighted by Gasteiger charge is 2.77. The van der Waals surface area contributed by atoms with E-state index in [1.54, 1.807) is 6.92 Å². The van der Waals surface area contributed by atoms with Gasteiger partial charge in [-0.15, -0.1) is 0 Å². The van der Waals surface area contributed by atoms with Crippen LogP contribution in [-0.4, -0.2) is 35.8 Å². The van der Waals surface area contributed by atoms with Crippen molar-refractivity contribution in [2.24, 2.45) is 17.3 Å². The van der Waals surface area contributed by atoms with Gasteiger partial charge in [-0.1, -0.05) is 101 Å². The van der Waals surface area contributed by atoms with Crippen molar-refractivity contribution < 1.29 is 19.1 Å². The maximum absolute atomic E-state index is 13.3. The second kappa shape index (κ2) is 13.8. The summed E-state index contributed by atoms with van der Waals surface area (Å²) < 4.78 is 11.1. The molecule has 0 saturated heterocycles. The first-order valence-electron chi connectivity index (χ1n) is 15.7. The van der Waals surface area contributed by atoms with Crippen LogP contribution in [0.2, 0.25) is 0 Å². The van der Waals surface area contributed by atoms with Gasteiger partial charge in [-0.25, -0.2) is 4.79 Å². The lowest BCUT2D eigenvalue weighted by Crippen LogP contribution is -2.60. The van der Waals surface area contributed by atoms with Crippen LogP contribution < -0.4 is 0 Å². The van der Waals surface area contributed by atoms with Gasteiger partial charge in [-0.2, -0.15) is 0 Å². The summed E-state index contributed by atoms with van der Waals surface area (Å²) in [4.78, 5) is 27.5. The topological polar surface area (TPSA) is 55.8 Å². The Morgan fingerprint density at radius 1 is 0.895 bits per heavy atom. The molecule has 0 bridgehead atoms. The lowest BCUT2D eigenvalue weighted by Gasteiger charge is -2.56. The van der Waals surface area contributed by atoms with E-state index in [1.165, 1.54) is 82.6 Å². The van der Waals surface area contributed by atoms with Crippen LogP contribution >= 0.6 is 0 Å². The summed E-state index contributed by atoms with van der Waals surface area (Å²) in [5, 5.41) is 0. The van der Waals surface area contributed by atoms with Crippen molar-refractivity contribution in [3.05, 3.63) is 35.9 Å². The molecule has 5 heteroatoms. The third-order valence-corrected chi connectivity index (χ3v) is 9.69.